The number of benzene rings is 2. The molecule has 1 nitrogen and oxygen atoms in total. The van der Waals surface area contributed by atoms with Crippen LogP contribution < -0.4 is 0 Å². The van der Waals surface area contributed by atoms with Crippen molar-refractivity contribution >= 4 is 67.1 Å². The second-order valence-corrected chi connectivity index (χ2v) is 11.5. The maximum atomic E-state index is 4.73. The second kappa shape index (κ2) is 9.16. The van der Waals surface area contributed by atoms with E-state index >= 15 is 0 Å². The maximum Gasteiger partial charge on any atom is 0.0434 e. The van der Waals surface area contributed by atoms with Gasteiger partial charge in [-0.3, -0.25) is 4.98 Å². The first kappa shape index (κ1) is 21.7. The Bertz CT molecular complexity index is 1610. The Balaban J connectivity index is 1.39. The lowest BCUT2D eigenvalue weighted by molar-refractivity contribution is 1.06. The maximum absolute atomic E-state index is 4.73. The van der Waals surface area contributed by atoms with Crippen molar-refractivity contribution in [2.24, 2.45) is 0 Å². The largest absolute Gasteiger partial charge is 0.263 e. The summed E-state index contributed by atoms with van der Waals surface area (Å²) in [5.41, 5.74) is 7.56. The molecule has 7 rings (SSSR count). The minimum atomic E-state index is 1.10. The van der Waals surface area contributed by atoms with Crippen molar-refractivity contribution in [3.05, 3.63) is 100 Å². The molecule has 5 aromatic rings. The monoisotopic (exact) mass is 499 g/mol. The summed E-state index contributed by atoms with van der Waals surface area (Å²) in [5, 5.41) is 2.67. The summed E-state index contributed by atoms with van der Waals surface area (Å²) < 4.78 is 2.68. The molecule has 0 spiro atoms. The van der Waals surface area contributed by atoms with E-state index in [0.29, 0.717) is 0 Å². The van der Waals surface area contributed by atoms with Gasteiger partial charge in [0.1, 0.15) is 0 Å². The van der Waals surface area contributed by atoms with Gasteiger partial charge in [0.05, 0.1) is 0 Å². The quantitative estimate of drug-likeness (QED) is 0.235. The Kier molecular flexibility index (Phi) is 5.53. The van der Waals surface area contributed by atoms with E-state index in [4.69, 9.17) is 4.98 Å². The number of hydrogen-bond acceptors (Lipinski definition) is 3. The molecule has 0 fully saturated rings. The predicted octanol–water partition coefficient (Wildman–Crippen LogP) is 10.5. The Morgan fingerprint density at radius 1 is 0.556 bits per heavy atom. The Hall–Kier alpha value is -3.53. The van der Waals surface area contributed by atoms with Gasteiger partial charge in [0.15, 0.2) is 0 Å². The normalized spacial score (nSPS) is 18.4. The number of fused-ring (bicyclic) bond motifs is 6. The van der Waals surface area contributed by atoms with Crippen LogP contribution in [0.3, 0.4) is 0 Å². The summed E-state index contributed by atoms with van der Waals surface area (Å²) >= 11 is 3.78. The van der Waals surface area contributed by atoms with Crippen LogP contribution in [0.2, 0.25) is 0 Å². The number of nitrogens with zero attached hydrogens (tertiary/aromatic N) is 1. The summed E-state index contributed by atoms with van der Waals surface area (Å²) in [7, 11) is 0. The van der Waals surface area contributed by atoms with E-state index in [1.807, 2.05) is 35.1 Å². The van der Waals surface area contributed by atoms with Crippen LogP contribution >= 0.6 is 22.7 Å². The molecule has 36 heavy (non-hydrogen) atoms. The highest BCUT2D eigenvalue weighted by molar-refractivity contribution is 7.21. The molecule has 0 bridgehead atoms. The lowest BCUT2D eigenvalue weighted by Crippen LogP contribution is -1.85. The van der Waals surface area contributed by atoms with E-state index in [1.165, 1.54) is 63.3 Å². The van der Waals surface area contributed by atoms with E-state index in [9.17, 15) is 0 Å². The smallest absolute Gasteiger partial charge is 0.0434 e. The van der Waals surface area contributed by atoms with Gasteiger partial charge in [-0.05, 0) is 55.0 Å². The molecule has 0 unspecified atom stereocenters. The fourth-order valence-corrected chi connectivity index (χ4v) is 7.77. The van der Waals surface area contributed by atoms with Crippen molar-refractivity contribution in [2.45, 2.75) is 25.7 Å². The fraction of sp³-hybridized carbons (Fsp3) is 0.121. The van der Waals surface area contributed by atoms with Crippen LogP contribution in [-0.4, -0.2) is 4.98 Å². The topological polar surface area (TPSA) is 12.9 Å². The van der Waals surface area contributed by atoms with E-state index in [1.54, 1.807) is 0 Å². The number of pyridine rings is 1. The SMILES string of the molecule is C1=C\c2sc3c(-c4cncc(-c5cccc6c7c(sc56)/C=C\CC/C=C\7)c4)cccc3c2/C=C\CC/1. The molecule has 0 atom stereocenters. The Labute approximate surface area is 219 Å². The molecule has 0 aliphatic heterocycles. The predicted molar refractivity (Wildman–Crippen MR) is 160 cm³/mol. The fourth-order valence-electron chi connectivity index (χ4n) is 5.26. The van der Waals surface area contributed by atoms with Gasteiger partial charge in [0, 0.05) is 64.6 Å². The highest BCUT2D eigenvalue weighted by Crippen LogP contribution is 2.43. The molecule has 2 aromatic carbocycles. The Morgan fingerprint density at radius 3 is 1.53 bits per heavy atom. The summed E-state index contributed by atoms with van der Waals surface area (Å²) in [6.07, 6.45) is 26.9. The summed E-state index contributed by atoms with van der Waals surface area (Å²) in [4.78, 5) is 7.42. The molecular formula is C33H25NS2. The molecule has 0 N–H and O–H groups in total. The lowest BCUT2D eigenvalue weighted by Gasteiger charge is -2.08. The van der Waals surface area contributed by atoms with Gasteiger partial charge >= 0.3 is 0 Å². The molecule has 2 aliphatic carbocycles. The third kappa shape index (κ3) is 3.71. The van der Waals surface area contributed by atoms with Gasteiger partial charge in [-0.25, -0.2) is 0 Å². The van der Waals surface area contributed by atoms with Crippen molar-refractivity contribution in [2.75, 3.05) is 0 Å². The van der Waals surface area contributed by atoms with E-state index in [0.717, 1.165) is 25.7 Å². The average Bonchev–Trinajstić information content (AvgIpc) is 3.40. The summed E-state index contributed by atoms with van der Waals surface area (Å²) in [5.74, 6) is 0. The van der Waals surface area contributed by atoms with Crippen LogP contribution in [0.15, 0.2) is 79.2 Å². The second-order valence-electron chi connectivity index (χ2n) is 9.35. The zero-order chi connectivity index (χ0) is 23.9. The molecule has 0 saturated heterocycles. The van der Waals surface area contributed by atoms with Crippen molar-refractivity contribution in [3.8, 4) is 22.3 Å². The van der Waals surface area contributed by atoms with Crippen LogP contribution in [0.1, 0.15) is 46.6 Å². The molecule has 174 valence electrons. The minimum Gasteiger partial charge on any atom is -0.263 e. The van der Waals surface area contributed by atoms with E-state index < -0.39 is 0 Å². The lowest BCUT2D eigenvalue weighted by atomic mass is 9.98. The van der Waals surface area contributed by atoms with Crippen LogP contribution in [0.5, 0.6) is 0 Å². The zero-order valence-electron chi connectivity index (χ0n) is 19.9. The molecule has 2 aliphatic rings. The van der Waals surface area contributed by atoms with Crippen LogP contribution in [-0.2, 0) is 0 Å². The number of thiophene rings is 2. The number of hydrogen-bond donors (Lipinski definition) is 0. The van der Waals surface area contributed by atoms with Crippen LogP contribution in [0.4, 0.5) is 0 Å². The first-order valence-electron chi connectivity index (χ1n) is 12.6. The van der Waals surface area contributed by atoms with Gasteiger partial charge < -0.3 is 0 Å². The molecule has 3 aromatic heterocycles. The number of aromatic nitrogens is 1. The summed E-state index contributed by atoms with van der Waals surface area (Å²) in [6.45, 7) is 0. The third-order valence-corrected chi connectivity index (χ3v) is 9.47. The highest BCUT2D eigenvalue weighted by Gasteiger charge is 2.16. The molecular weight excluding hydrogens is 475 g/mol. The van der Waals surface area contributed by atoms with Gasteiger partial charge in [-0.1, -0.05) is 72.9 Å². The van der Waals surface area contributed by atoms with Crippen molar-refractivity contribution in [3.63, 3.8) is 0 Å². The van der Waals surface area contributed by atoms with Gasteiger partial charge in [-0.2, -0.15) is 0 Å². The van der Waals surface area contributed by atoms with Crippen molar-refractivity contribution in [1.29, 1.82) is 0 Å². The molecule has 3 heteroatoms. The zero-order valence-corrected chi connectivity index (χ0v) is 21.5. The van der Waals surface area contributed by atoms with Crippen LogP contribution in [0.25, 0.3) is 66.7 Å². The number of rotatable bonds is 2. The van der Waals surface area contributed by atoms with E-state index in [2.05, 4.69) is 91.1 Å². The van der Waals surface area contributed by atoms with Crippen molar-refractivity contribution in [1.82, 2.24) is 4.98 Å². The van der Waals surface area contributed by atoms with Crippen molar-refractivity contribution < 1.29 is 0 Å². The van der Waals surface area contributed by atoms with Gasteiger partial charge in [0.2, 0.25) is 0 Å². The minimum absolute atomic E-state index is 1.10. The molecule has 3 heterocycles. The highest BCUT2D eigenvalue weighted by atomic mass is 32.1. The Morgan fingerprint density at radius 2 is 1.03 bits per heavy atom. The third-order valence-electron chi connectivity index (χ3n) is 7.03. The van der Waals surface area contributed by atoms with E-state index in [-0.39, 0.29) is 0 Å². The van der Waals surface area contributed by atoms with Gasteiger partial charge in [-0.15, -0.1) is 22.7 Å². The molecule has 0 saturated carbocycles. The molecule has 0 radical (unpaired) electrons. The standard InChI is InChI=1S/C33H25NS2/c1-3-7-17-30-26(11-5-1)28-15-9-13-24(32(28)35-30)22-19-23(21-34-20-22)25-14-10-16-29-27-12-6-2-4-8-18-31(27)36-33(25)29/h5-21H,1-4H2/b11-5-,12-6-,17-7-,18-8-. The van der Waals surface area contributed by atoms with Crippen LogP contribution in [0, 0.1) is 0 Å². The van der Waals surface area contributed by atoms with Gasteiger partial charge in [0.25, 0.3) is 0 Å². The first-order chi connectivity index (χ1) is 17.9. The summed E-state index contributed by atoms with van der Waals surface area (Å²) in [6, 6.07) is 15.7. The first-order valence-corrected chi connectivity index (χ1v) is 14.2. The number of allylic oxidation sites excluding steroid dienone is 4. The molecule has 0 amide bonds. The average molecular weight is 500 g/mol.